The Labute approximate surface area is 138 Å². The summed E-state index contributed by atoms with van der Waals surface area (Å²) in [5, 5.41) is 21.5. The second-order valence-corrected chi connectivity index (χ2v) is 6.26. The number of β-amino-alcohol motifs (C(OH)–C–C–N with tert-alkyl or cyclic N) is 1. The number of hydrogen-bond acceptors (Lipinski definition) is 5. The lowest BCUT2D eigenvalue weighted by Gasteiger charge is -2.16. The van der Waals surface area contributed by atoms with E-state index in [9.17, 15) is 9.90 Å². The first-order valence-electron chi connectivity index (χ1n) is 7.88. The maximum absolute atomic E-state index is 12.7. The summed E-state index contributed by atoms with van der Waals surface area (Å²) >= 11 is 0. The van der Waals surface area contributed by atoms with Crippen LogP contribution in [-0.2, 0) is 6.42 Å². The number of H-pyrrole nitrogens is 1. The number of pyridine rings is 1. The molecule has 0 unspecified atom stereocenters. The molecule has 124 valence electrons. The summed E-state index contributed by atoms with van der Waals surface area (Å²) in [5.74, 6) is -0.112. The van der Waals surface area contributed by atoms with E-state index in [0.717, 1.165) is 11.4 Å². The fourth-order valence-corrected chi connectivity index (χ4v) is 3.19. The van der Waals surface area contributed by atoms with E-state index < -0.39 is 6.10 Å². The van der Waals surface area contributed by atoms with Gasteiger partial charge in [-0.1, -0.05) is 0 Å². The first-order chi connectivity index (χ1) is 11.6. The molecule has 8 nitrogen and oxygen atoms in total. The highest BCUT2D eigenvalue weighted by Crippen LogP contribution is 2.23. The second-order valence-electron chi connectivity index (χ2n) is 6.26. The molecule has 2 N–H and O–H groups in total. The van der Waals surface area contributed by atoms with Crippen molar-refractivity contribution in [3.8, 4) is 0 Å². The van der Waals surface area contributed by atoms with Crippen LogP contribution < -0.4 is 0 Å². The van der Waals surface area contributed by atoms with Crippen molar-refractivity contribution in [3.63, 3.8) is 0 Å². The smallest absolute Gasteiger partial charge is 0.255 e. The Hall–Kier alpha value is -2.74. The molecule has 0 spiro atoms. The van der Waals surface area contributed by atoms with Crippen molar-refractivity contribution in [2.24, 2.45) is 5.92 Å². The highest BCUT2D eigenvalue weighted by Gasteiger charge is 2.34. The standard InChI is InChI=1S/C16H18N6O2/c1-10-4-13(20-19-10)5-12-6-21(8-14(12)23)16(24)11-2-3-15-17-9-18-22(15)7-11/h2-4,7,9,12,14,23H,5-6,8H2,1H3,(H,19,20)/t12-,14-/m1/s1. The third-order valence-electron chi connectivity index (χ3n) is 4.45. The maximum Gasteiger partial charge on any atom is 0.255 e. The molecule has 0 aliphatic carbocycles. The zero-order valence-electron chi connectivity index (χ0n) is 13.3. The zero-order valence-corrected chi connectivity index (χ0v) is 13.3. The number of nitrogens with one attached hydrogen (secondary N) is 1. The third-order valence-corrected chi connectivity index (χ3v) is 4.45. The van der Waals surface area contributed by atoms with Crippen LogP contribution in [0.5, 0.6) is 0 Å². The van der Waals surface area contributed by atoms with Crippen LogP contribution in [-0.4, -0.2) is 59.9 Å². The molecule has 4 rings (SSSR count). The molecule has 2 atom stereocenters. The first-order valence-corrected chi connectivity index (χ1v) is 7.88. The van der Waals surface area contributed by atoms with E-state index in [0.29, 0.717) is 30.7 Å². The molecule has 1 aliphatic rings. The van der Waals surface area contributed by atoms with Gasteiger partial charge >= 0.3 is 0 Å². The lowest BCUT2D eigenvalue weighted by molar-refractivity contribution is 0.0764. The van der Waals surface area contributed by atoms with E-state index in [1.807, 2.05) is 13.0 Å². The SMILES string of the molecule is Cc1cc(C[C@@H]2CN(C(=O)c3ccc4ncnn4c3)C[C@H]2O)n[nH]1. The van der Waals surface area contributed by atoms with Gasteiger partial charge in [0.2, 0.25) is 0 Å². The van der Waals surface area contributed by atoms with Crippen LogP contribution in [0.15, 0.2) is 30.7 Å². The maximum atomic E-state index is 12.7. The molecule has 0 saturated carbocycles. The zero-order chi connectivity index (χ0) is 16.7. The average Bonchev–Trinajstić information content (AvgIpc) is 3.27. The van der Waals surface area contributed by atoms with Crippen molar-refractivity contribution < 1.29 is 9.90 Å². The third kappa shape index (κ3) is 2.65. The summed E-state index contributed by atoms with van der Waals surface area (Å²) < 4.78 is 1.57. The molecule has 1 amide bonds. The van der Waals surface area contributed by atoms with Gasteiger partial charge in [0.15, 0.2) is 5.65 Å². The number of nitrogens with zero attached hydrogens (tertiary/aromatic N) is 5. The predicted molar refractivity (Wildman–Crippen MR) is 85.4 cm³/mol. The van der Waals surface area contributed by atoms with Gasteiger partial charge in [-0.2, -0.15) is 10.2 Å². The summed E-state index contributed by atoms with van der Waals surface area (Å²) in [6.45, 7) is 2.79. The highest BCUT2D eigenvalue weighted by atomic mass is 16.3. The minimum atomic E-state index is -0.541. The average molecular weight is 326 g/mol. The molecule has 0 bridgehead atoms. The Morgan fingerprint density at radius 3 is 3.08 bits per heavy atom. The largest absolute Gasteiger partial charge is 0.391 e. The Bertz CT molecular complexity index is 885. The van der Waals surface area contributed by atoms with Crippen molar-refractivity contribution in [1.82, 2.24) is 29.7 Å². The van der Waals surface area contributed by atoms with Crippen molar-refractivity contribution in [2.45, 2.75) is 19.4 Å². The quantitative estimate of drug-likeness (QED) is 0.727. The fourth-order valence-electron chi connectivity index (χ4n) is 3.19. The normalized spacial score (nSPS) is 20.8. The molecule has 1 aliphatic heterocycles. The minimum absolute atomic E-state index is 0.00764. The summed E-state index contributed by atoms with van der Waals surface area (Å²) in [7, 11) is 0. The summed E-state index contributed by atoms with van der Waals surface area (Å²) in [6.07, 6.45) is 3.23. The van der Waals surface area contributed by atoms with Gasteiger partial charge in [-0.25, -0.2) is 9.50 Å². The van der Waals surface area contributed by atoms with Gasteiger partial charge in [0.1, 0.15) is 6.33 Å². The van der Waals surface area contributed by atoms with Gasteiger partial charge in [0.25, 0.3) is 5.91 Å². The number of amides is 1. The van der Waals surface area contributed by atoms with Crippen LogP contribution in [0.1, 0.15) is 21.7 Å². The Morgan fingerprint density at radius 1 is 1.42 bits per heavy atom. The number of aliphatic hydroxyl groups is 1. The molecule has 1 saturated heterocycles. The van der Waals surface area contributed by atoms with E-state index in [1.54, 1.807) is 27.7 Å². The van der Waals surface area contributed by atoms with Crippen molar-refractivity contribution in [1.29, 1.82) is 0 Å². The van der Waals surface area contributed by atoms with E-state index >= 15 is 0 Å². The molecule has 4 heterocycles. The molecule has 24 heavy (non-hydrogen) atoms. The van der Waals surface area contributed by atoms with Crippen LogP contribution in [0.3, 0.4) is 0 Å². The molecule has 3 aromatic rings. The Morgan fingerprint density at radius 2 is 2.29 bits per heavy atom. The number of rotatable bonds is 3. The summed E-state index contributed by atoms with van der Waals surface area (Å²) in [6, 6.07) is 5.47. The number of carbonyl (C=O) groups is 1. The second kappa shape index (κ2) is 5.72. The number of fused-ring (bicyclic) bond motifs is 1. The fraction of sp³-hybridized carbons (Fsp3) is 0.375. The molecular formula is C16H18N6O2. The van der Waals surface area contributed by atoms with Crippen molar-refractivity contribution in [2.75, 3.05) is 13.1 Å². The van der Waals surface area contributed by atoms with Crippen LogP contribution in [0, 0.1) is 12.8 Å². The van der Waals surface area contributed by atoms with Crippen LogP contribution in [0.2, 0.25) is 0 Å². The van der Waals surface area contributed by atoms with Gasteiger partial charge < -0.3 is 10.0 Å². The molecule has 1 fully saturated rings. The van der Waals surface area contributed by atoms with Gasteiger partial charge in [0, 0.05) is 30.9 Å². The van der Waals surface area contributed by atoms with Gasteiger partial charge in [-0.15, -0.1) is 0 Å². The number of carbonyl (C=O) groups excluding carboxylic acids is 1. The molecule has 0 radical (unpaired) electrons. The lowest BCUT2D eigenvalue weighted by Crippen LogP contribution is -2.29. The molecular weight excluding hydrogens is 308 g/mol. The van der Waals surface area contributed by atoms with E-state index in [1.165, 1.54) is 6.33 Å². The predicted octanol–water partition coefficient (Wildman–Crippen LogP) is 0.436. The monoisotopic (exact) mass is 326 g/mol. The number of hydrogen-bond donors (Lipinski definition) is 2. The summed E-state index contributed by atoms with van der Waals surface area (Å²) in [4.78, 5) is 18.4. The van der Waals surface area contributed by atoms with E-state index in [-0.39, 0.29) is 11.8 Å². The topological polar surface area (TPSA) is 99.4 Å². The number of aliphatic hydroxyl groups excluding tert-OH is 1. The minimum Gasteiger partial charge on any atom is -0.391 e. The number of likely N-dealkylation sites (tertiary alicyclic amines) is 1. The molecule has 0 aromatic carbocycles. The van der Waals surface area contributed by atoms with Gasteiger partial charge in [0.05, 0.1) is 17.4 Å². The van der Waals surface area contributed by atoms with E-state index in [2.05, 4.69) is 20.3 Å². The van der Waals surface area contributed by atoms with Crippen molar-refractivity contribution in [3.05, 3.63) is 47.7 Å². The van der Waals surface area contributed by atoms with Crippen LogP contribution >= 0.6 is 0 Å². The highest BCUT2D eigenvalue weighted by molar-refractivity contribution is 5.94. The van der Waals surface area contributed by atoms with Crippen molar-refractivity contribution >= 4 is 11.6 Å². The number of aryl methyl sites for hydroxylation is 1. The lowest BCUT2D eigenvalue weighted by atomic mass is 10.0. The Balaban J connectivity index is 1.49. The van der Waals surface area contributed by atoms with Gasteiger partial charge in [-0.05, 0) is 31.5 Å². The number of aromatic amines is 1. The van der Waals surface area contributed by atoms with Crippen LogP contribution in [0.4, 0.5) is 0 Å². The molecule has 3 aromatic heterocycles. The summed E-state index contributed by atoms with van der Waals surface area (Å²) in [5.41, 5.74) is 3.14. The number of aromatic nitrogens is 5. The van der Waals surface area contributed by atoms with E-state index in [4.69, 9.17) is 0 Å². The Kier molecular flexibility index (Phi) is 3.53. The first kappa shape index (κ1) is 14.8. The van der Waals surface area contributed by atoms with Gasteiger partial charge in [-0.3, -0.25) is 9.89 Å². The van der Waals surface area contributed by atoms with Crippen LogP contribution in [0.25, 0.3) is 5.65 Å². The molecule has 8 heteroatoms.